The highest BCUT2D eigenvalue weighted by Crippen LogP contribution is 2.43. The van der Waals surface area contributed by atoms with E-state index >= 15 is 0 Å². The summed E-state index contributed by atoms with van der Waals surface area (Å²) in [4.78, 5) is 0. The standard InChI is InChI=1S/C20H38O9/c1-4-10(5-2)12(20(27)19(26)16(24)14(22)9-29-20)7-11(6-3)18-17(25)15(23)13(21)8-28-18/h10-19,21-27H,4-9H2,1-3H3/t11?,12?,13-,14-,15+,16+,17-,18+,19-,20-/m1/s1. The molecule has 2 saturated heterocycles. The van der Waals surface area contributed by atoms with Crippen LogP contribution >= 0.6 is 0 Å². The Balaban J connectivity index is 2.30. The van der Waals surface area contributed by atoms with Gasteiger partial charge in [-0.15, -0.1) is 0 Å². The molecule has 9 heteroatoms. The molecule has 2 aliphatic rings. The Morgan fingerprint density at radius 3 is 1.97 bits per heavy atom. The first-order valence-corrected chi connectivity index (χ1v) is 10.7. The van der Waals surface area contributed by atoms with Crippen molar-refractivity contribution < 1.29 is 45.2 Å². The van der Waals surface area contributed by atoms with Crippen LogP contribution < -0.4 is 0 Å². The van der Waals surface area contributed by atoms with Gasteiger partial charge in [-0.05, 0) is 18.3 Å². The summed E-state index contributed by atoms with van der Waals surface area (Å²) in [6, 6.07) is 0. The third-order valence-corrected chi connectivity index (χ3v) is 6.86. The highest BCUT2D eigenvalue weighted by molar-refractivity contribution is 4.99. The van der Waals surface area contributed by atoms with Crippen molar-refractivity contribution >= 4 is 0 Å². The van der Waals surface area contributed by atoms with Gasteiger partial charge in [-0.2, -0.15) is 0 Å². The molecule has 7 N–H and O–H groups in total. The molecule has 2 heterocycles. The summed E-state index contributed by atoms with van der Waals surface area (Å²) in [6.45, 7) is 5.39. The highest BCUT2D eigenvalue weighted by Gasteiger charge is 2.55. The lowest BCUT2D eigenvalue weighted by molar-refractivity contribution is -0.351. The van der Waals surface area contributed by atoms with E-state index in [4.69, 9.17) is 9.47 Å². The van der Waals surface area contributed by atoms with Crippen molar-refractivity contribution in [1.29, 1.82) is 0 Å². The minimum Gasteiger partial charge on any atom is -0.388 e. The minimum absolute atomic E-state index is 0.0672. The lowest BCUT2D eigenvalue weighted by Gasteiger charge is -2.49. The molecule has 0 aliphatic carbocycles. The number of ether oxygens (including phenoxy) is 2. The Hall–Kier alpha value is -0.360. The molecule has 2 aliphatic heterocycles. The maximum Gasteiger partial charge on any atom is 0.197 e. The molecule has 172 valence electrons. The average molecular weight is 423 g/mol. The van der Waals surface area contributed by atoms with E-state index in [1.165, 1.54) is 0 Å². The fourth-order valence-corrected chi connectivity index (χ4v) is 4.84. The van der Waals surface area contributed by atoms with Gasteiger partial charge >= 0.3 is 0 Å². The molecule has 0 aromatic heterocycles. The molecular weight excluding hydrogens is 384 g/mol. The van der Waals surface area contributed by atoms with Gasteiger partial charge in [0.05, 0.1) is 19.3 Å². The van der Waals surface area contributed by atoms with Crippen LogP contribution in [0.2, 0.25) is 0 Å². The molecule has 29 heavy (non-hydrogen) atoms. The Labute approximate surface area is 171 Å². The SMILES string of the molecule is CCC(CC)C(CC(CC)[C@@H]1OC[C@@H](O)[C@H](O)[C@H]1O)[C@@]1(O)OC[C@@H](O)[C@H](O)[C@H]1O. The number of aliphatic hydroxyl groups excluding tert-OH is 6. The van der Waals surface area contributed by atoms with E-state index in [0.717, 1.165) is 0 Å². The van der Waals surface area contributed by atoms with Gasteiger partial charge < -0.3 is 45.2 Å². The summed E-state index contributed by atoms with van der Waals surface area (Å²) in [7, 11) is 0. The lowest BCUT2D eigenvalue weighted by Crippen LogP contribution is -2.65. The number of aliphatic hydroxyl groups is 7. The molecule has 0 aromatic carbocycles. The quantitative estimate of drug-likeness (QED) is 0.253. The molecular formula is C20H38O9. The van der Waals surface area contributed by atoms with Gasteiger partial charge in [0.1, 0.15) is 36.6 Å². The van der Waals surface area contributed by atoms with Gasteiger partial charge in [0.2, 0.25) is 0 Å². The molecule has 0 saturated carbocycles. The topological polar surface area (TPSA) is 160 Å². The van der Waals surface area contributed by atoms with Crippen LogP contribution in [-0.4, -0.2) is 97.5 Å². The van der Waals surface area contributed by atoms with Gasteiger partial charge in [-0.25, -0.2) is 0 Å². The van der Waals surface area contributed by atoms with Crippen LogP contribution in [0.5, 0.6) is 0 Å². The molecule has 10 atom stereocenters. The van der Waals surface area contributed by atoms with Crippen molar-refractivity contribution in [2.75, 3.05) is 13.2 Å². The predicted molar refractivity (Wildman–Crippen MR) is 103 cm³/mol. The fraction of sp³-hybridized carbons (Fsp3) is 1.00. The summed E-state index contributed by atoms with van der Waals surface area (Å²) in [5, 5.41) is 72.0. The Morgan fingerprint density at radius 1 is 0.828 bits per heavy atom. The van der Waals surface area contributed by atoms with E-state index in [1.807, 2.05) is 20.8 Å². The van der Waals surface area contributed by atoms with Crippen LogP contribution in [0, 0.1) is 17.8 Å². The smallest absolute Gasteiger partial charge is 0.197 e. The third-order valence-electron chi connectivity index (χ3n) is 6.86. The van der Waals surface area contributed by atoms with Crippen molar-refractivity contribution in [2.24, 2.45) is 17.8 Å². The molecule has 0 amide bonds. The monoisotopic (exact) mass is 422 g/mol. The van der Waals surface area contributed by atoms with Crippen molar-refractivity contribution in [3.8, 4) is 0 Å². The highest BCUT2D eigenvalue weighted by atomic mass is 16.6. The van der Waals surface area contributed by atoms with E-state index in [9.17, 15) is 35.7 Å². The maximum absolute atomic E-state index is 11.3. The Bertz CT molecular complexity index is 502. The zero-order valence-corrected chi connectivity index (χ0v) is 17.5. The average Bonchev–Trinajstić information content (AvgIpc) is 2.71. The first-order valence-electron chi connectivity index (χ1n) is 10.7. The minimum atomic E-state index is -2.07. The largest absolute Gasteiger partial charge is 0.388 e. The van der Waals surface area contributed by atoms with Crippen LogP contribution in [0.3, 0.4) is 0 Å². The van der Waals surface area contributed by atoms with E-state index in [0.29, 0.717) is 25.7 Å². The first-order chi connectivity index (χ1) is 13.6. The van der Waals surface area contributed by atoms with E-state index < -0.39 is 54.4 Å². The second kappa shape index (κ2) is 10.3. The molecule has 2 fully saturated rings. The van der Waals surface area contributed by atoms with Gasteiger partial charge in [-0.1, -0.05) is 40.0 Å². The predicted octanol–water partition coefficient (Wildman–Crippen LogP) is -1.26. The number of hydrogen-bond acceptors (Lipinski definition) is 9. The van der Waals surface area contributed by atoms with Crippen LogP contribution in [0.4, 0.5) is 0 Å². The van der Waals surface area contributed by atoms with Crippen molar-refractivity contribution in [1.82, 2.24) is 0 Å². The van der Waals surface area contributed by atoms with Crippen molar-refractivity contribution in [3.05, 3.63) is 0 Å². The number of rotatable bonds is 8. The van der Waals surface area contributed by atoms with Gasteiger partial charge in [-0.3, -0.25) is 0 Å². The van der Waals surface area contributed by atoms with Crippen molar-refractivity contribution in [3.63, 3.8) is 0 Å². The molecule has 0 aromatic rings. The van der Waals surface area contributed by atoms with Gasteiger partial charge in [0.15, 0.2) is 5.79 Å². The van der Waals surface area contributed by atoms with Crippen LogP contribution in [0.25, 0.3) is 0 Å². The molecule has 0 bridgehead atoms. The summed E-state index contributed by atoms with van der Waals surface area (Å²) >= 11 is 0. The zero-order chi connectivity index (χ0) is 21.9. The third kappa shape index (κ3) is 4.94. The van der Waals surface area contributed by atoms with Crippen LogP contribution in [-0.2, 0) is 9.47 Å². The van der Waals surface area contributed by atoms with E-state index in [2.05, 4.69) is 0 Å². The summed E-state index contributed by atoms with van der Waals surface area (Å²) < 4.78 is 11.1. The van der Waals surface area contributed by atoms with E-state index in [1.54, 1.807) is 0 Å². The molecule has 9 nitrogen and oxygen atoms in total. The molecule has 0 spiro atoms. The molecule has 2 rings (SSSR count). The maximum atomic E-state index is 11.3. The Kier molecular flexibility index (Phi) is 8.85. The second-order valence-electron chi connectivity index (χ2n) is 8.50. The molecule has 0 radical (unpaired) electrons. The van der Waals surface area contributed by atoms with Crippen molar-refractivity contribution in [2.45, 2.75) is 95.0 Å². The Morgan fingerprint density at radius 2 is 1.41 bits per heavy atom. The number of hydrogen-bond donors (Lipinski definition) is 7. The van der Waals surface area contributed by atoms with Gasteiger partial charge in [0.25, 0.3) is 0 Å². The lowest BCUT2D eigenvalue weighted by atomic mass is 9.70. The van der Waals surface area contributed by atoms with Crippen LogP contribution in [0.1, 0.15) is 46.5 Å². The fourth-order valence-electron chi connectivity index (χ4n) is 4.84. The van der Waals surface area contributed by atoms with E-state index in [-0.39, 0.29) is 25.0 Å². The summed E-state index contributed by atoms with van der Waals surface area (Å²) in [5.74, 6) is -3.05. The first kappa shape index (κ1) is 24.9. The second-order valence-corrected chi connectivity index (χ2v) is 8.50. The normalized spacial score (nSPS) is 43.3. The van der Waals surface area contributed by atoms with Crippen LogP contribution in [0.15, 0.2) is 0 Å². The zero-order valence-electron chi connectivity index (χ0n) is 17.5. The van der Waals surface area contributed by atoms with Gasteiger partial charge in [0, 0.05) is 5.92 Å². The summed E-state index contributed by atoms with van der Waals surface area (Å²) in [6.07, 6.45) is -6.85. The molecule has 2 unspecified atom stereocenters. The summed E-state index contributed by atoms with van der Waals surface area (Å²) in [5.41, 5.74) is 0.